The number of rotatable bonds is 12. The first kappa shape index (κ1) is 32.8. The molecule has 21 heteroatoms. The van der Waals surface area contributed by atoms with Crippen LogP contribution in [0.15, 0.2) is 48.6 Å². The third kappa shape index (κ3) is 6.66. The SMILES string of the molecule is CCOC(=O)c1ncsc1SCC1=C(C(=O)O)N2C(=O)[C@@H](NC(=O)/C(=N\OCc3cc(=O)c(O)cn3O)c3csc(N)n3)[C@H]2SC1. The van der Waals surface area contributed by atoms with Gasteiger partial charge in [0.1, 0.15) is 28.5 Å². The van der Waals surface area contributed by atoms with Crippen LogP contribution in [0.3, 0.4) is 0 Å². The lowest BCUT2D eigenvalue weighted by Gasteiger charge is -2.49. The number of pyridine rings is 1. The van der Waals surface area contributed by atoms with Gasteiger partial charge in [-0.25, -0.2) is 19.6 Å². The molecule has 0 unspecified atom stereocenters. The predicted octanol–water partition coefficient (Wildman–Crippen LogP) is 0.915. The van der Waals surface area contributed by atoms with Crippen LogP contribution in [0.5, 0.6) is 5.75 Å². The highest BCUT2D eigenvalue weighted by molar-refractivity contribution is 8.02. The first-order chi connectivity index (χ1) is 22.0. The fourth-order valence-corrected chi connectivity index (χ4v) is 8.17. The summed E-state index contributed by atoms with van der Waals surface area (Å²) >= 11 is 4.68. The first-order valence-electron chi connectivity index (χ1n) is 13.0. The number of aromatic nitrogens is 3. The number of thioether (sulfide) groups is 2. The molecule has 0 spiro atoms. The lowest BCUT2D eigenvalue weighted by atomic mass is 10.0. The molecule has 5 heterocycles. The number of nitrogens with one attached hydrogen (secondary N) is 1. The van der Waals surface area contributed by atoms with E-state index in [0.717, 1.165) is 28.5 Å². The predicted molar refractivity (Wildman–Crippen MR) is 166 cm³/mol. The highest BCUT2D eigenvalue weighted by atomic mass is 32.2. The van der Waals surface area contributed by atoms with Crippen LogP contribution in [0.2, 0.25) is 0 Å². The number of anilines is 1. The maximum atomic E-state index is 13.3. The lowest BCUT2D eigenvalue weighted by Crippen LogP contribution is -2.71. The zero-order chi connectivity index (χ0) is 33.1. The van der Waals surface area contributed by atoms with Crippen LogP contribution in [-0.2, 0) is 30.6 Å². The Hall–Kier alpha value is -4.60. The van der Waals surface area contributed by atoms with Crippen LogP contribution in [-0.4, -0.2) is 94.0 Å². The summed E-state index contributed by atoms with van der Waals surface area (Å²) in [7, 11) is 0. The number of carbonyl (C=O) groups excluding carboxylic acids is 3. The highest BCUT2D eigenvalue weighted by Gasteiger charge is 2.54. The Labute approximate surface area is 274 Å². The lowest BCUT2D eigenvalue weighted by molar-refractivity contribution is -0.150. The average Bonchev–Trinajstić information content (AvgIpc) is 3.67. The fraction of sp³-hybridized carbons (Fsp3) is 0.280. The minimum atomic E-state index is -1.32. The first-order valence-corrected chi connectivity index (χ1v) is 16.8. The van der Waals surface area contributed by atoms with Crippen molar-refractivity contribution in [2.45, 2.75) is 29.2 Å². The number of esters is 1. The number of nitrogen functional groups attached to an aromatic ring is 1. The molecule has 46 heavy (non-hydrogen) atoms. The van der Waals surface area contributed by atoms with Gasteiger partial charge in [-0.15, -0.1) is 46.2 Å². The summed E-state index contributed by atoms with van der Waals surface area (Å²) in [6.07, 6.45) is 0.763. The normalized spacial score (nSPS) is 17.7. The zero-order valence-corrected chi connectivity index (χ0v) is 26.7. The average molecular weight is 710 g/mol. The molecule has 3 aromatic rings. The van der Waals surface area contributed by atoms with Gasteiger partial charge in [0, 0.05) is 23.0 Å². The molecule has 0 bridgehead atoms. The highest BCUT2D eigenvalue weighted by Crippen LogP contribution is 2.42. The Kier molecular flexibility index (Phi) is 9.84. The zero-order valence-electron chi connectivity index (χ0n) is 23.4. The number of hydrogen-bond donors (Lipinski definition) is 5. The van der Waals surface area contributed by atoms with Crippen molar-refractivity contribution in [1.29, 1.82) is 0 Å². The van der Waals surface area contributed by atoms with Gasteiger partial charge in [-0.1, -0.05) is 5.16 Å². The van der Waals surface area contributed by atoms with Crippen molar-refractivity contribution in [2.75, 3.05) is 23.8 Å². The topological polar surface area (TPSA) is 249 Å². The Morgan fingerprint density at radius 1 is 1.28 bits per heavy atom. The van der Waals surface area contributed by atoms with Gasteiger partial charge >= 0.3 is 11.9 Å². The maximum absolute atomic E-state index is 13.3. The number of β-lactam (4-membered cyclic amide) rings is 1. The van der Waals surface area contributed by atoms with Crippen LogP contribution >= 0.6 is 46.2 Å². The molecule has 2 atom stereocenters. The maximum Gasteiger partial charge on any atom is 0.358 e. The largest absolute Gasteiger partial charge is 0.503 e. The van der Waals surface area contributed by atoms with E-state index in [2.05, 4.69) is 20.4 Å². The van der Waals surface area contributed by atoms with Crippen molar-refractivity contribution in [3.63, 3.8) is 0 Å². The molecule has 1 saturated heterocycles. The number of oxime groups is 1. The molecule has 2 amide bonds. The number of hydrogen-bond acceptors (Lipinski definition) is 17. The third-order valence-electron chi connectivity index (χ3n) is 6.35. The van der Waals surface area contributed by atoms with E-state index in [1.807, 2.05) is 0 Å². The number of fused-ring (bicyclic) bond motifs is 1. The van der Waals surface area contributed by atoms with Crippen LogP contribution in [0.1, 0.15) is 28.8 Å². The second-order valence-corrected chi connectivity index (χ2v) is 13.4. The van der Waals surface area contributed by atoms with Crippen molar-refractivity contribution in [3.05, 3.63) is 61.7 Å². The van der Waals surface area contributed by atoms with E-state index >= 15 is 0 Å². The summed E-state index contributed by atoms with van der Waals surface area (Å²) in [5.41, 5.74) is 6.35. The number of nitrogens with zero attached hydrogens (tertiary/aromatic N) is 5. The van der Waals surface area contributed by atoms with E-state index in [0.29, 0.717) is 14.5 Å². The fourth-order valence-electron chi connectivity index (χ4n) is 4.26. The van der Waals surface area contributed by atoms with Crippen molar-refractivity contribution < 1.29 is 44.2 Å². The van der Waals surface area contributed by atoms with E-state index < -0.39 is 53.0 Å². The van der Waals surface area contributed by atoms with Gasteiger partial charge in [-0.05, 0) is 12.5 Å². The number of carboxylic acid groups (broad SMARTS) is 1. The number of aliphatic carboxylic acids is 1. The molecule has 0 radical (unpaired) electrons. The summed E-state index contributed by atoms with van der Waals surface area (Å²) in [6.45, 7) is 1.35. The van der Waals surface area contributed by atoms with Crippen molar-refractivity contribution in [3.8, 4) is 5.75 Å². The number of thiazole rings is 2. The second kappa shape index (κ2) is 13.8. The molecule has 5 rings (SSSR count). The monoisotopic (exact) mass is 709 g/mol. The molecular formula is C25H23N7O10S4. The van der Waals surface area contributed by atoms with Crippen LogP contribution in [0, 0.1) is 0 Å². The summed E-state index contributed by atoms with van der Waals surface area (Å²) in [5, 5.41) is 36.5. The molecule has 17 nitrogen and oxygen atoms in total. The van der Waals surface area contributed by atoms with Gasteiger partial charge in [-0.2, -0.15) is 4.73 Å². The molecule has 1 fully saturated rings. The second-order valence-electron chi connectivity index (χ2n) is 9.26. The van der Waals surface area contributed by atoms with Gasteiger partial charge in [0.25, 0.3) is 11.8 Å². The number of nitrogens with two attached hydrogens (primary N) is 1. The Morgan fingerprint density at radius 3 is 2.76 bits per heavy atom. The van der Waals surface area contributed by atoms with E-state index in [4.69, 9.17) is 15.3 Å². The minimum Gasteiger partial charge on any atom is -0.503 e. The molecule has 3 aromatic heterocycles. The molecular weight excluding hydrogens is 687 g/mol. The number of ether oxygens (including phenoxy) is 1. The van der Waals surface area contributed by atoms with Gasteiger partial charge in [0.15, 0.2) is 28.9 Å². The third-order valence-corrected chi connectivity index (χ3v) is 10.6. The van der Waals surface area contributed by atoms with E-state index in [9.17, 15) is 39.4 Å². The standard InChI is InChI=1S/C25H23N7O10S4/c1-2-41-23(39)17-24(46-9-27-17)44-7-10-6-43-21-16(20(36)32(21)18(10)22(37)38)29-19(35)15(12-8-45-25(26)28-12)30-42-5-11-3-13(33)14(34)4-31(11)40/h3-4,8-9,16,21,34,40H,2,5-7H2,1H3,(H2,26,28)(H,29,35)(H,37,38)/b30-15-/t16-,21-/m1/s1. The van der Waals surface area contributed by atoms with Crippen LogP contribution < -0.4 is 16.5 Å². The molecule has 0 aromatic carbocycles. The summed E-state index contributed by atoms with van der Waals surface area (Å²) in [4.78, 5) is 77.1. The number of carboxylic acids is 1. The molecule has 2 aliphatic heterocycles. The summed E-state index contributed by atoms with van der Waals surface area (Å²) in [6, 6.07) is -0.205. The van der Waals surface area contributed by atoms with Crippen molar-refractivity contribution in [1.82, 2.24) is 24.9 Å². The van der Waals surface area contributed by atoms with Gasteiger partial charge in [-0.3, -0.25) is 19.3 Å². The molecule has 6 N–H and O–H groups in total. The smallest absolute Gasteiger partial charge is 0.358 e. The summed E-state index contributed by atoms with van der Waals surface area (Å²) in [5.74, 6) is -3.75. The molecule has 0 saturated carbocycles. The van der Waals surface area contributed by atoms with Crippen molar-refractivity contribution in [2.24, 2.45) is 5.16 Å². The molecule has 2 aliphatic rings. The summed E-state index contributed by atoms with van der Waals surface area (Å²) < 4.78 is 6.01. The Morgan fingerprint density at radius 2 is 2.07 bits per heavy atom. The Balaban J connectivity index is 1.30. The van der Waals surface area contributed by atoms with Crippen LogP contribution in [0.25, 0.3) is 0 Å². The number of carbonyl (C=O) groups is 4. The minimum absolute atomic E-state index is 0.0164. The van der Waals surface area contributed by atoms with E-state index in [-0.39, 0.29) is 51.7 Å². The van der Waals surface area contributed by atoms with Gasteiger partial charge in [0.05, 0.1) is 22.5 Å². The Bertz CT molecular complexity index is 1830. The van der Waals surface area contributed by atoms with Crippen LogP contribution in [0.4, 0.5) is 5.13 Å². The van der Waals surface area contributed by atoms with Crippen molar-refractivity contribution >= 4 is 80.8 Å². The quantitative estimate of drug-likeness (QED) is 0.0438. The molecule has 0 aliphatic carbocycles. The van der Waals surface area contributed by atoms with E-state index in [1.54, 1.807) is 6.92 Å². The van der Waals surface area contributed by atoms with E-state index in [1.165, 1.54) is 45.8 Å². The number of aromatic hydroxyl groups is 1. The molecule has 242 valence electrons. The van der Waals surface area contributed by atoms with Gasteiger partial charge in [0.2, 0.25) is 5.43 Å². The van der Waals surface area contributed by atoms with Gasteiger partial charge < -0.3 is 36.0 Å². The number of amides is 2.